The van der Waals surface area contributed by atoms with Gasteiger partial charge in [-0.15, -0.1) is 0 Å². The van der Waals surface area contributed by atoms with Gasteiger partial charge < -0.3 is 19.3 Å². The third kappa shape index (κ3) is 40.7. The number of rotatable bonds is 38. The number of hydrogen-bond acceptors (Lipinski definition) is 6. The van der Waals surface area contributed by atoms with Crippen LogP contribution in [0.2, 0.25) is 0 Å². The van der Waals surface area contributed by atoms with Crippen LogP contribution in [0.5, 0.6) is 5.75 Å². The van der Waals surface area contributed by atoms with Gasteiger partial charge in [0.2, 0.25) is 0 Å². The van der Waals surface area contributed by atoms with Crippen LogP contribution in [-0.2, 0) is 19.1 Å². The van der Waals surface area contributed by atoms with E-state index in [1.807, 2.05) is 30.3 Å². The number of esters is 2. The highest BCUT2D eigenvalue weighted by Crippen LogP contribution is 2.15. The number of hydrogen-bond donors (Lipinski definition) is 1. The molecule has 1 N–H and O–H groups in total. The zero-order valence-electron chi connectivity index (χ0n) is 34.3. The van der Waals surface area contributed by atoms with Crippen LogP contribution in [0, 0.1) is 0 Å². The molecule has 0 heterocycles. The van der Waals surface area contributed by atoms with Gasteiger partial charge in [-0.3, -0.25) is 9.59 Å². The largest absolute Gasteiger partial charge is 0.491 e. The van der Waals surface area contributed by atoms with Crippen molar-refractivity contribution in [2.45, 2.75) is 219 Å². The second-order valence-electron chi connectivity index (χ2n) is 14.7. The van der Waals surface area contributed by atoms with E-state index in [1.54, 1.807) is 0 Å². The van der Waals surface area contributed by atoms with Gasteiger partial charge in [0.15, 0.2) is 0 Å². The average molecular weight is 733 g/mol. The van der Waals surface area contributed by atoms with Crippen molar-refractivity contribution in [2.24, 2.45) is 0 Å². The molecular formula is C46H84O6. The summed E-state index contributed by atoms with van der Waals surface area (Å²) < 4.78 is 15.6. The number of para-hydroxylation sites is 1. The smallest absolute Gasteiger partial charge is 0.305 e. The quantitative estimate of drug-likeness (QED) is 0.0538. The minimum absolute atomic E-state index is 0.0644. The minimum Gasteiger partial charge on any atom is -0.491 e. The van der Waals surface area contributed by atoms with E-state index in [-0.39, 0.29) is 31.8 Å². The SMILES string of the molecule is CCCCCCCCCCCCCCCCCC(=O)OCCOC(=O)CCCCCCCCCCCCCCCCC.OCCOc1ccccc1. The maximum Gasteiger partial charge on any atom is 0.305 e. The molecule has 0 amide bonds. The standard InChI is InChI=1S/C38H74O4.C8H10O2/c1-3-5-7-9-11-13-15-17-19-21-23-25-27-29-31-33-37(39)41-35-36-42-38(40)34-32-30-28-26-24-22-20-18-16-14-12-10-8-6-4-2;9-6-7-10-8-4-2-1-3-5-8/h3-36H2,1-2H3;1-5,9H,6-7H2. The summed E-state index contributed by atoms with van der Waals surface area (Å²) in [7, 11) is 0. The van der Waals surface area contributed by atoms with Crippen LogP contribution in [0.15, 0.2) is 30.3 Å². The van der Waals surface area contributed by atoms with Crippen molar-refractivity contribution >= 4 is 11.9 Å². The van der Waals surface area contributed by atoms with Crippen molar-refractivity contribution in [2.75, 3.05) is 26.4 Å². The molecule has 1 rings (SSSR count). The molecule has 0 radical (unpaired) electrons. The van der Waals surface area contributed by atoms with Gasteiger partial charge in [-0.1, -0.05) is 212 Å². The summed E-state index contributed by atoms with van der Waals surface area (Å²) in [4.78, 5) is 23.8. The second kappa shape index (κ2) is 43.3. The summed E-state index contributed by atoms with van der Waals surface area (Å²) in [5, 5.41) is 8.40. The van der Waals surface area contributed by atoms with E-state index in [9.17, 15) is 9.59 Å². The first-order valence-corrected chi connectivity index (χ1v) is 22.2. The molecular weight excluding hydrogens is 649 g/mol. The van der Waals surface area contributed by atoms with Gasteiger partial charge in [-0.25, -0.2) is 0 Å². The molecule has 0 aromatic heterocycles. The maximum atomic E-state index is 11.9. The van der Waals surface area contributed by atoms with Crippen molar-refractivity contribution in [3.63, 3.8) is 0 Å². The third-order valence-corrected chi connectivity index (χ3v) is 9.68. The second-order valence-corrected chi connectivity index (χ2v) is 14.7. The van der Waals surface area contributed by atoms with Crippen LogP contribution < -0.4 is 4.74 Å². The van der Waals surface area contributed by atoms with Crippen LogP contribution in [0.1, 0.15) is 219 Å². The fourth-order valence-electron chi connectivity index (χ4n) is 6.42. The number of carbonyl (C=O) groups excluding carboxylic acids is 2. The first-order chi connectivity index (χ1) is 25.6. The molecule has 0 bridgehead atoms. The van der Waals surface area contributed by atoms with Gasteiger partial charge in [-0.05, 0) is 25.0 Å². The molecule has 0 aliphatic carbocycles. The zero-order valence-corrected chi connectivity index (χ0v) is 34.3. The highest BCUT2D eigenvalue weighted by atomic mass is 16.6. The number of ether oxygens (including phenoxy) is 3. The van der Waals surface area contributed by atoms with Gasteiger partial charge in [0.25, 0.3) is 0 Å². The Balaban J connectivity index is 0.00000221. The molecule has 6 nitrogen and oxygen atoms in total. The van der Waals surface area contributed by atoms with Gasteiger partial charge in [-0.2, -0.15) is 0 Å². The van der Waals surface area contributed by atoms with Crippen molar-refractivity contribution in [3.8, 4) is 5.75 Å². The number of carbonyl (C=O) groups is 2. The Hall–Kier alpha value is -2.08. The van der Waals surface area contributed by atoms with Crippen LogP contribution >= 0.6 is 0 Å². The summed E-state index contributed by atoms with van der Waals surface area (Å²) in [6.07, 6.45) is 40.5. The predicted molar refractivity (Wildman–Crippen MR) is 220 cm³/mol. The summed E-state index contributed by atoms with van der Waals surface area (Å²) in [5.74, 6) is 0.475. The molecule has 1 aromatic carbocycles. The third-order valence-electron chi connectivity index (χ3n) is 9.68. The van der Waals surface area contributed by atoms with Crippen LogP contribution in [0.25, 0.3) is 0 Å². The first-order valence-electron chi connectivity index (χ1n) is 22.2. The van der Waals surface area contributed by atoms with E-state index < -0.39 is 0 Å². The van der Waals surface area contributed by atoms with Gasteiger partial charge >= 0.3 is 11.9 Å². The molecule has 6 heteroatoms. The van der Waals surface area contributed by atoms with E-state index in [0.29, 0.717) is 19.4 Å². The van der Waals surface area contributed by atoms with Crippen LogP contribution in [0.3, 0.4) is 0 Å². The topological polar surface area (TPSA) is 82.1 Å². The van der Waals surface area contributed by atoms with Crippen LogP contribution in [0.4, 0.5) is 0 Å². The number of unbranched alkanes of at least 4 members (excludes halogenated alkanes) is 28. The molecule has 0 saturated carbocycles. The Labute approximate surface area is 321 Å². The fraction of sp³-hybridized carbons (Fsp3) is 0.826. The lowest BCUT2D eigenvalue weighted by atomic mass is 10.0. The average Bonchev–Trinajstić information content (AvgIpc) is 3.16. The summed E-state index contributed by atoms with van der Waals surface area (Å²) in [5.41, 5.74) is 0. The normalized spacial score (nSPS) is 10.8. The number of aliphatic hydroxyl groups is 1. The minimum atomic E-state index is -0.164. The number of aliphatic hydroxyl groups excluding tert-OH is 1. The molecule has 1 aromatic rings. The van der Waals surface area contributed by atoms with Crippen molar-refractivity contribution in [3.05, 3.63) is 30.3 Å². The van der Waals surface area contributed by atoms with Gasteiger partial charge in [0, 0.05) is 12.8 Å². The Bertz CT molecular complexity index is 797. The molecule has 52 heavy (non-hydrogen) atoms. The molecule has 0 saturated heterocycles. The monoisotopic (exact) mass is 733 g/mol. The Morgan fingerprint density at radius 2 is 0.712 bits per heavy atom. The highest BCUT2D eigenvalue weighted by Gasteiger charge is 2.06. The Morgan fingerprint density at radius 3 is 1.00 bits per heavy atom. The molecule has 0 aliphatic rings. The molecule has 304 valence electrons. The molecule has 0 unspecified atom stereocenters. The van der Waals surface area contributed by atoms with Gasteiger partial charge in [0.05, 0.1) is 6.61 Å². The highest BCUT2D eigenvalue weighted by molar-refractivity contribution is 5.70. The van der Waals surface area contributed by atoms with Gasteiger partial charge in [0.1, 0.15) is 25.6 Å². The Kier molecular flexibility index (Phi) is 41.6. The summed E-state index contributed by atoms with van der Waals surface area (Å²) in [6.45, 7) is 5.35. The lowest BCUT2D eigenvalue weighted by molar-refractivity contribution is -0.152. The lowest BCUT2D eigenvalue weighted by Crippen LogP contribution is -2.13. The lowest BCUT2D eigenvalue weighted by Gasteiger charge is -2.07. The molecule has 0 aliphatic heterocycles. The fourth-order valence-corrected chi connectivity index (χ4v) is 6.42. The van der Waals surface area contributed by atoms with E-state index >= 15 is 0 Å². The van der Waals surface area contributed by atoms with Crippen molar-refractivity contribution in [1.82, 2.24) is 0 Å². The Morgan fingerprint density at radius 1 is 0.423 bits per heavy atom. The van der Waals surface area contributed by atoms with E-state index in [4.69, 9.17) is 19.3 Å². The predicted octanol–water partition coefficient (Wildman–Crippen LogP) is 13.7. The summed E-state index contributed by atoms with van der Waals surface area (Å²) in [6, 6.07) is 9.43. The number of benzene rings is 1. The van der Waals surface area contributed by atoms with Crippen LogP contribution in [-0.4, -0.2) is 43.5 Å². The van der Waals surface area contributed by atoms with E-state index in [1.165, 1.54) is 167 Å². The summed E-state index contributed by atoms with van der Waals surface area (Å²) >= 11 is 0. The molecule has 0 fully saturated rings. The molecule has 0 atom stereocenters. The maximum absolute atomic E-state index is 11.9. The zero-order chi connectivity index (χ0) is 37.8. The molecule has 0 spiro atoms. The van der Waals surface area contributed by atoms with Crippen molar-refractivity contribution in [1.29, 1.82) is 0 Å². The van der Waals surface area contributed by atoms with Crippen molar-refractivity contribution < 1.29 is 28.9 Å². The van der Waals surface area contributed by atoms with E-state index in [2.05, 4.69) is 13.8 Å². The first kappa shape index (κ1) is 49.9. The van der Waals surface area contributed by atoms with E-state index in [0.717, 1.165) is 31.4 Å².